The second kappa shape index (κ2) is 8.33. The van der Waals surface area contributed by atoms with Crippen molar-refractivity contribution < 1.29 is 9.13 Å². The van der Waals surface area contributed by atoms with Crippen LogP contribution in [0.25, 0.3) is 10.9 Å². The van der Waals surface area contributed by atoms with Gasteiger partial charge in [0.05, 0.1) is 7.11 Å². The van der Waals surface area contributed by atoms with E-state index in [9.17, 15) is 4.39 Å². The highest BCUT2D eigenvalue weighted by atomic mass is 19.1. The molecule has 0 bridgehead atoms. The van der Waals surface area contributed by atoms with Crippen LogP contribution in [0.1, 0.15) is 11.1 Å². The molecule has 0 saturated carbocycles. The molecule has 0 aliphatic rings. The standard InChI is InChI=1S/C19H22FN5O/c1-21-19(25-12-14-4-3-8-22-18(14)26-2)23-9-7-13-11-24-17-10-15(20)5-6-16(13)17/h3-6,8,10-11,24H,7,9,12H2,1-2H3,(H2,21,23,25). The number of nitrogens with one attached hydrogen (secondary N) is 3. The first-order valence-electron chi connectivity index (χ1n) is 8.39. The van der Waals surface area contributed by atoms with Crippen LogP contribution >= 0.6 is 0 Å². The molecule has 0 atom stereocenters. The first-order valence-corrected chi connectivity index (χ1v) is 8.39. The highest BCUT2D eigenvalue weighted by Crippen LogP contribution is 2.19. The van der Waals surface area contributed by atoms with Gasteiger partial charge in [-0.3, -0.25) is 4.99 Å². The maximum Gasteiger partial charge on any atom is 0.218 e. The molecule has 0 aliphatic carbocycles. The van der Waals surface area contributed by atoms with Gasteiger partial charge < -0.3 is 20.4 Å². The molecule has 3 rings (SSSR count). The summed E-state index contributed by atoms with van der Waals surface area (Å²) in [4.78, 5) is 11.5. The number of halogens is 1. The maximum atomic E-state index is 13.3. The Kier molecular flexibility index (Phi) is 5.68. The van der Waals surface area contributed by atoms with Crippen LogP contribution in [0.4, 0.5) is 4.39 Å². The van der Waals surface area contributed by atoms with Gasteiger partial charge in [0.2, 0.25) is 5.88 Å². The minimum atomic E-state index is -0.237. The summed E-state index contributed by atoms with van der Waals surface area (Å²) >= 11 is 0. The number of rotatable bonds is 6. The van der Waals surface area contributed by atoms with Crippen LogP contribution in [0.3, 0.4) is 0 Å². The van der Waals surface area contributed by atoms with Gasteiger partial charge in [-0.2, -0.15) is 0 Å². The molecule has 2 aromatic heterocycles. The zero-order valence-corrected chi connectivity index (χ0v) is 14.8. The number of methoxy groups -OCH3 is 1. The molecule has 6 nitrogen and oxygen atoms in total. The predicted molar refractivity (Wildman–Crippen MR) is 101 cm³/mol. The molecule has 7 heteroatoms. The molecule has 0 unspecified atom stereocenters. The van der Waals surface area contributed by atoms with E-state index in [-0.39, 0.29) is 5.82 Å². The van der Waals surface area contributed by atoms with E-state index in [1.54, 1.807) is 26.4 Å². The first kappa shape index (κ1) is 17.7. The van der Waals surface area contributed by atoms with Crippen molar-refractivity contribution in [1.29, 1.82) is 0 Å². The number of aromatic amines is 1. The number of aromatic nitrogens is 2. The van der Waals surface area contributed by atoms with Crippen molar-refractivity contribution in [1.82, 2.24) is 20.6 Å². The number of aliphatic imine (C=N–C) groups is 1. The number of pyridine rings is 1. The van der Waals surface area contributed by atoms with Crippen molar-refractivity contribution in [3.05, 3.63) is 59.7 Å². The van der Waals surface area contributed by atoms with Crippen LogP contribution in [0.15, 0.2) is 47.7 Å². The van der Waals surface area contributed by atoms with E-state index >= 15 is 0 Å². The van der Waals surface area contributed by atoms with E-state index in [0.717, 1.165) is 28.5 Å². The summed E-state index contributed by atoms with van der Waals surface area (Å²) in [6, 6.07) is 8.62. The van der Waals surface area contributed by atoms with Gasteiger partial charge in [0.25, 0.3) is 0 Å². The van der Waals surface area contributed by atoms with Crippen LogP contribution in [0, 0.1) is 5.82 Å². The van der Waals surface area contributed by atoms with Gasteiger partial charge >= 0.3 is 0 Å². The largest absolute Gasteiger partial charge is 0.481 e. The van der Waals surface area contributed by atoms with Gasteiger partial charge in [0, 0.05) is 49.0 Å². The van der Waals surface area contributed by atoms with E-state index in [2.05, 4.69) is 25.6 Å². The average molecular weight is 355 g/mol. The summed E-state index contributed by atoms with van der Waals surface area (Å²) in [6.45, 7) is 1.26. The first-order chi connectivity index (χ1) is 12.7. The molecule has 3 N–H and O–H groups in total. The summed E-state index contributed by atoms with van der Waals surface area (Å²) in [5, 5.41) is 7.57. The molecule has 0 spiro atoms. The van der Waals surface area contributed by atoms with Gasteiger partial charge in [0.1, 0.15) is 5.82 Å². The molecule has 26 heavy (non-hydrogen) atoms. The van der Waals surface area contributed by atoms with Crippen molar-refractivity contribution in [2.75, 3.05) is 20.7 Å². The zero-order chi connectivity index (χ0) is 18.4. The lowest BCUT2D eigenvalue weighted by Crippen LogP contribution is -2.37. The Morgan fingerprint density at radius 3 is 2.96 bits per heavy atom. The highest BCUT2D eigenvalue weighted by Gasteiger charge is 2.07. The lowest BCUT2D eigenvalue weighted by atomic mass is 10.1. The number of fused-ring (bicyclic) bond motifs is 1. The summed E-state index contributed by atoms with van der Waals surface area (Å²) in [5.74, 6) is 1.06. The van der Waals surface area contributed by atoms with Crippen LogP contribution in [0.5, 0.6) is 5.88 Å². The number of hydrogen-bond acceptors (Lipinski definition) is 3. The molecule has 0 radical (unpaired) electrons. The van der Waals surface area contributed by atoms with Crippen molar-refractivity contribution in [3.63, 3.8) is 0 Å². The van der Waals surface area contributed by atoms with E-state index in [1.807, 2.05) is 18.3 Å². The maximum absolute atomic E-state index is 13.3. The minimum Gasteiger partial charge on any atom is -0.481 e. The summed E-state index contributed by atoms with van der Waals surface area (Å²) in [7, 11) is 3.33. The number of hydrogen-bond donors (Lipinski definition) is 3. The monoisotopic (exact) mass is 355 g/mol. The Balaban J connectivity index is 1.54. The Bertz CT molecular complexity index is 906. The molecular formula is C19H22FN5O. The second-order valence-corrected chi connectivity index (χ2v) is 5.78. The number of guanidine groups is 1. The predicted octanol–water partition coefficient (Wildman–Crippen LogP) is 2.62. The molecule has 0 amide bonds. The van der Waals surface area contributed by atoms with E-state index < -0.39 is 0 Å². The fourth-order valence-electron chi connectivity index (χ4n) is 2.82. The highest BCUT2D eigenvalue weighted by molar-refractivity contribution is 5.83. The van der Waals surface area contributed by atoms with Gasteiger partial charge in [-0.1, -0.05) is 6.07 Å². The molecule has 0 saturated heterocycles. The lowest BCUT2D eigenvalue weighted by Gasteiger charge is -2.13. The summed E-state index contributed by atoms with van der Waals surface area (Å²) < 4.78 is 18.5. The van der Waals surface area contributed by atoms with Crippen molar-refractivity contribution in [3.8, 4) is 5.88 Å². The molecule has 1 aromatic carbocycles. The Hall–Kier alpha value is -3.09. The Morgan fingerprint density at radius 1 is 1.27 bits per heavy atom. The topological polar surface area (TPSA) is 74.3 Å². The zero-order valence-electron chi connectivity index (χ0n) is 14.8. The smallest absolute Gasteiger partial charge is 0.218 e. The number of ether oxygens (including phenoxy) is 1. The van der Waals surface area contributed by atoms with Crippen LogP contribution < -0.4 is 15.4 Å². The van der Waals surface area contributed by atoms with Gasteiger partial charge in [-0.15, -0.1) is 0 Å². The quantitative estimate of drug-likeness (QED) is 0.469. The van der Waals surface area contributed by atoms with Gasteiger partial charge in [-0.05, 0) is 36.2 Å². The van der Waals surface area contributed by atoms with Crippen LogP contribution in [-0.4, -0.2) is 36.6 Å². The van der Waals surface area contributed by atoms with Crippen LogP contribution in [0.2, 0.25) is 0 Å². The Labute approximate surface area is 151 Å². The van der Waals surface area contributed by atoms with Gasteiger partial charge in [-0.25, -0.2) is 9.37 Å². The van der Waals surface area contributed by atoms with E-state index in [1.165, 1.54) is 12.1 Å². The van der Waals surface area contributed by atoms with Crippen LogP contribution in [-0.2, 0) is 13.0 Å². The summed E-state index contributed by atoms with van der Waals surface area (Å²) in [5.41, 5.74) is 2.90. The normalized spacial score (nSPS) is 11.6. The Morgan fingerprint density at radius 2 is 2.15 bits per heavy atom. The average Bonchev–Trinajstić information content (AvgIpc) is 3.06. The number of H-pyrrole nitrogens is 1. The molecule has 0 aliphatic heterocycles. The molecule has 0 fully saturated rings. The van der Waals surface area contributed by atoms with Crippen molar-refractivity contribution in [2.45, 2.75) is 13.0 Å². The molecular weight excluding hydrogens is 333 g/mol. The second-order valence-electron chi connectivity index (χ2n) is 5.78. The minimum absolute atomic E-state index is 0.237. The SMILES string of the molecule is CN=C(NCCc1c[nH]c2cc(F)ccc12)NCc1cccnc1OC. The van der Waals surface area contributed by atoms with Gasteiger partial charge in [0.15, 0.2) is 5.96 Å². The number of benzene rings is 1. The summed E-state index contributed by atoms with van der Waals surface area (Å²) in [6.07, 6.45) is 4.41. The third-order valence-corrected chi connectivity index (χ3v) is 4.13. The number of nitrogens with zero attached hydrogens (tertiary/aromatic N) is 2. The third kappa shape index (κ3) is 4.11. The molecule has 3 aromatic rings. The lowest BCUT2D eigenvalue weighted by molar-refractivity contribution is 0.392. The third-order valence-electron chi connectivity index (χ3n) is 4.13. The molecule has 136 valence electrons. The van der Waals surface area contributed by atoms with E-state index in [0.29, 0.717) is 24.9 Å². The fourth-order valence-corrected chi connectivity index (χ4v) is 2.82. The molecule has 2 heterocycles. The van der Waals surface area contributed by atoms with E-state index in [4.69, 9.17) is 4.74 Å². The van der Waals surface area contributed by atoms with Crippen molar-refractivity contribution >= 4 is 16.9 Å². The van der Waals surface area contributed by atoms with Crippen molar-refractivity contribution in [2.24, 2.45) is 4.99 Å². The fraction of sp³-hybridized carbons (Fsp3) is 0.263.